The second kappa shape index (κ2) is 12.1. The van der Waals surface area contributed by atoms with Crippen molar-refractivity contribution in [3.63, 3.8) is 0 Å². The molecule has 0 radical (unpaired) electrons. The highest BCUT2D eigenvalue weighted by atomic mass is 19.3. The predicted octanol–water partition coefficient (Wildman–Crippen LogP) is 4.44. The number of halogens is 4. The molecule has 1 unspecified atom stereocenters. The first-order valence-electron chi connectivity index (χ1n) is 12.8. The zero-order valence-electron chi connectivity index (χ0n) is 22.5. The summed E-state index contributed by atoms with van der Waals surface area (Å²) in [7, 11) is 3.79. The average molecular weight is 591 g/mol. The van der Waals surface area contributed by atoms with Crippen LogP contribution in [0.1, 0.15) is 5.56 Å². The van der Waals surface area contributed by atoms with Crippen molar-refractivity contribution in [3.8, 4) is 11.7 Å². The van der Waals surface area contributed by atoms with Gasteiger partial charge in [0.05, 0.1) is 23.7 Å². The summed E-state index contributed by atoms with van der Waals surface area (Å²) in [4.78, 5) is 27.3. The molecule has 0 spiro atoms. The Morgan fingerprint density at radius 2 is 1.93 bits per heavy atom. The number of anilines is 3. The molecule has 16 heteroatoms. The molecule has 42 heavy (non-hydrogen) atoms. The Morgan fingerprint density at radius 1 is 1.17 bits per heavy atom. The van der Waals surface area contributed by atoms with Crippen molar-refractivity contribution in [2.75, 3.05) is 50.6 Å². The molecule has 0 amide bonds. The van der Waals surface area contributed by atoms with Crippen LogP contribution in [0.3, 0.4) is 0 Å². The Bertz CT molecular complexity index is 1600. The molecule has 1 fully saturated rings. The fourth-order valence-corrected chi connectivity index (χ4v) is 4.55. The van der Waals surface area contributed by atoms with Crippen LogP contribution >= 0.6 is 0 Å². The first-order valence-corrected chi connectivity index (χ1v) is 12.8. The number of alkyl halides is 3. The van der Waals surface area contributed by atoms with Crippen LogP contribution in [0.4, 0.5) is 40.7 Å². The van der Waals surface area contributed by atoms with Gasteiger partial charge in [0.15, 0.2) is 0 Å². The maximum absolute atomic E-state index is 14.2. The predicted molar refractivity (Wildman–Crippen MR) is 145 cm³/mol. The smallest absolute Gasteiger partial charge is 0.313 e. The maximum Gasteiger partial charge on any atom is 0.313 e. The van der Waals surface area contributed by atoms with E-state index < -0.39 is 35.1 Å². The fraction of sp³-hybridized carbons (Fsp3) is 0.346. The van der Waals surface area contributed by atoms with Gasteiger partial charge in [-0.3, -0.25) is 10.1 Å². The molecule has 1 atom stereocenters. The Balaban J connectivity index is 1.56. The number of nitrogens with one attached hydrogen (secondary N) is 1. The molecule has 0 saturated carbocycles. The van der Waals surface area contributed by atoms with Crippen LogP contribution in [0.5, 0.6) is 5.88 Å². The fourth-order valence-electron chi connectivity index (χ4n) is 4.55. The summed E-state index contributed by atoms with van der Waals surface area (Å²) in [6, 6.07) is 6.94. The number of fused-ring (bicyclic) bond motifs is 1. The van der Waals surface area contributed by atoms with Crippen LogP contribution < -0.4 is 15.0 Å². The standard InChI is InChI=1S/C26H26F4N8O4/c1-35(2)13-15-14-37(19-11-16(27)3-4-17(15)19)21-5-6-31-26(33-21)32-18-12-20(38(39)40)24(36-7-9-41-10-8-36)34-25(18)42-23(30)22(28)29/h3-6,11-12,14,22-23H,7-10,13H2,1-2H3,(H,31,32,33). The van der Waals surface area contributed by atoms with E-state index in [0.717, 1.165) is 17.0 Å². The van der Waals surface area contributed by atoms with Gasteiger partial charge in [-0.2, -0.15) is 14.4 Å². The molecular formula is C26H26F4N8O4. The van der Waals surface area contributed by atoms with Gasteiger partial charge in [-0.1, -0.05) is 0 Å². The topological polar surface area (TPSA) is 124 Å². The highest BCUT2D eigenvalue weighted by Gasteiger charge is 2.30. The zero-order chi connectivity index (χ0) is 30.0. The molecule has 1 aromatic carbocycles. The van der Waals surface area contributed by atoms with Gasteiger partial charge in [0.1, 0.15) is 17.3 Å². The summed E-state index contributed by atoms with van der Waals surface area (Å²) < 4.78 is 66.1. The lowest BCUT2D eigenvalue weighted by Crippen LogP contribution is -2.37. The van der Waals surface area contributed by atoms with Gasteiger partial charge in [0.25, 0.3) is 6.36 Å². The number of benzene rings is 1. The zero-order valence-corrected chi connectivity index (χ0v) is 22.5. The lowest BCUT2D eigenvalue weighted by Gasteiger charge is -2.28. The van der Waals surface area contributed by atoms with Crippen molar-refractivity contribution in [2.24, 2.45) is 0 Å². The molecule has 4 aromatic rings. The minimum atomic E-state index is -3.50. The van der Waals surface area contributed by atoms with Crippen molar-refractivity contribution in [1.29, 1.82) is 0 Å². The minimum absolute atomic E-state index is 0.132. The summed E-state index contributed by atoms with van der Waals surface area (Å²) in [6.07, 6.45) is -3.38. The first-order chi connectivity index (χ1) is 20.1. The number of aromatic nitrogens is 4. The van der Waals surface area contributed by atoms with Gasteiger partial charge in [-0.25, -0.2) is 18.2 Å². The summed E-state index contributed by atoms with van der Waals surface area (Å²) >= 11 is 0. The van der Waals surface area contributed by atoms with Crippen molar-refractivity contribution < 1.29 is 32.0 Å². The largest absolute Gasteiger partial charge is 0.435 e. The van der Waals surface area contributed by atoms with Crippen LogP contribution in [0, 0.1) is 15.9 Å². The van der Waals surface area contributed by atoms with E-state index in [0.29, 0.717) is 17.9 Å². The molecule has 1 aliphatic heterocycles. The molecule has 1 aliphatic rings. The molecule has 1 N–H and O–H groups in total. The van der Waals surface area contributed by atoms with Crippen LogP contribution in [0.15, 0.2) is 42.7 Å². The van der Waals surface area contributed by atoms with Crippen LogP contribution in [-0.4, -0.2) is 82.5 Å². The monoisotopic (exact) mass is 590 g/mol. The number of hydrogen-bond donors (Lipinski definition) is 1. The number of nitrogens with zero attached hydrogens (tertiary/aromatic N) is 7. The third-order valence-electron chi connectivity index (χ3n) is 6.35. The van der Waals surface area contributed by atoms with E-state index in [1.807, 2.05) is 19.0 Å². The van der Waals surface area contributed by atoms with Gasteiger partial charge in [-0.15, -0.1) is 0 Å². The third-order valence-corrected chi connectivity index (χ3v) is 6.35. The van der Waals surface area contributed by atoms with Crippen LogP contribution in [-0.2, 0) is 11.3 Å². The molecule has 0 bridgehead atoms. The molecule has 4 heterocycles. The molecule has 3 aromatic heterocycles. The van der Waals surface area contributed by atoms with Crippen molar-refractivity contribution in [1.82, 2.24) is 24.4 Å². The Kier molecular flexibility index (Phi) is 8.35. The van der Waals surface area contributed by atoms with E-state index in [9.17, 15) is 27.7 Å². The van der Waals surface area contributed by atoms with E-state index in [4.69, 9.17) is 9.47 Å². The van der Waals surface area contributed by atoms with E-state index in [1.54, 1.807) is 22.9 Å². The number of nitro groups is 1. The van der Waals surface area contributed by atoms with Gasteiger partial charge in [0.2, 0.25) is 17.6 Å². The van der Waals surface area contributed by atoms with Gasteiger partial charge >= 0.3 is 12.1 Å². The van der Waals surface area contributed by atoms with Crippen LogP contribution in [0.25, 0.3) is 16.7 Å². The number of pyridine rings is 1. The Morgan fingerprint density at radius 3 is 2.62 bits per heavy atom. The Hall–Kier alpha value is -4.57. The molecule has 0 aliphatic carbocycles. The molecule has 12 nitrogen and oxygen atoms in total. The maximum atomic E-state index is 14.2. The second-order valence-electron chi connectivity index (χ2n) is 9.63. The first kappa shape index (κ1) is 28.9. The van der Waals surface area contributed by atoms with E-state index in [2.05, 4.69) is 20.3 Å². The summed E-state index contributed by atoms with van der Waals surface area (Å²) in [5.41, 5.74) is 0.648. The summed E-state index contributed by atoms with van der Waals surface area (Å²) in [5, 5.41) is 15.4. The third kappa shape index (κ3) is 6.18. The molecule has 1 saturated heterocycles. The summed E-state index contributed by atoms with van der Waals surface area (Å²) in [6.45, 7) is 1.55. The number of hydrogen-bond acceptors (Lipinski definition) is 10. The number of ether oxygens (including phenoxy) is 2. The van der Waals surface area contributed by atoms with Crippen molar-refractivity contribution >= 4 is 34.0 Å². The van der Waals surface area contributed by atoms with E-state index in [-0.39, 0.29) is 43.8 Å². The highest BCUT2D eigenvalue weighted by molar-refractivity contribution is 5.85. The lowest BCUT2D eigenvalue weighted by atomic mass is 10.1. The average Bonchev–Trinajstić information content (AvgIpc) is 3.30. The van der Waals surface area contributed by atoms with Crippen LogP contribution in [0.2, 0.25) is 0 Å². The number of rotatable bonds is 10. The van der Waals surface area contributed by atoms with E-state index >= 15 is 0 Å². The highest BCUT2D eigenvalue weighted by Crippen LogP contribution is 2.37. The Labute approximate surface area is 236 Å². The van der Waals surface area contributed by atoms with Gasteiger partial charge in [-0.05, 0) is 43.9 Å². The molecule has 5 rings (SSSR count). The lowest BCUT2D eigenvalue weighted by molar-refractivity contribution is -0.384. The molecule has 222 valence electrons. The number of morpholine rings is 1. The van der Waals surface area contributed by atoms with Gasteiger partial charge in [0, 0.05) is 43.5 Å². The van der Waals surface area contributed by atoms with Crippen molar-refractivity contribution in [3.05, 3.63) is 64.2 Å². The SMILES string of the molecule is CN(C)Cc1cn(-c2ccnc(Nc3cc([N+](=O)[O-])c(N4CCOCC4)nc3OC(F)C(F)F)n2)c2cc(F)ccc12. The van der Waals surface area contributed by atoms with Crippen molar-refractivity contribution in [2.45, 2.75) is 19.3 Å². The van der Waals surface area contributed by atoms with E-state index in [1.165, 1.54) is 23.2 Å². The normalized spacial score (nSPS) is 14.5. The quantitative estimate of drug-likeness (QED) is 0.161. The van der Waals surface area contributed by atoms with Gasteiger partial charge < -0.3 is 29.2 Å². The second-order valence-corrected chi connectivity index (χ2v) is 9.63. The summed E-state index contributed by atoms with van der Waals surface area (Å²) in [5.74, 6) is -1.11. The minimum Gasteiger partial charge on any atom is -0.435 e. The molecular weight excluding hydrogens is 564 g/mol.